The molecule has 2 amide bonds. The maximum absolute atomic E-state index is 12.5. The van der Waals surface area contributed by atoms with Gasteiger partial charge in [-0.2, -0.15) is 17.5 Å². The van der Waals surface area contributed by atoms with Crippen LogP contribution in [-0.2, 0) is 13.8 Å². The lowest BCUT2D eigenvalue weighted by atomic mass is 9.92. The number of nitrogens with zero attached hydrogens (tertiary/aromatic N) is 1. The Morgan fingerprint density at radius 2 is 1.83 bits per heavy atom. The number of carbonyl (C=O) groups is 3. The second kappa shape index (κ2) is 8.77. The molecule has 0 saturated heterocycles. The minimum atomic E-state index is -4.79. The standard InChI is InChI=1S/C20H14F3NO5S/c1-2-3-11-28-16(25)10-8-12-7-9-15-17-13(12)5-4-6-14(17)18(26)24(19(15)27)29-30-20(21,22)23/h4-7,9H,2-3,11H2,1H3. The number of alkyl halides is 3. The Morgan fingerprint density at radius 1 is 1.13 bits per heavy atom. The Balaban J connectivity index is 1.96. The summed E-state index contributed by atoms with van der Waals surface area (Å²) >= 11 is -0.955. The van der Waals surface area contributed by atoms with E-state index in [2.05, 4.69) is 16.1 Å². The zero-order chi connectivity index (χ0) is 21.9. The number of halogens is 3. The summed E-state index contributed by atoms with van der Waals surface area (Å²) in [6.45, 7) is 2.20. The summed E-state index contributed by atoms with van der Waals surface area (Å²) in [5.74, 6) is 2.24. The first kappa shape index (κ1) is 21.7. The van der Waals surface area contributed by atoms with Crippen molar-refractivity contribution >= 4 is 40.6 Å². The molecule has 2 aromatic carbocycles. The van der Waals surface area contributed by atoms with E-state index in [0.29, 0.717) is 17.4 Å². The topological polar surface area (TPSA) is 72.9 Å². The van der Waals surface area contributed by atoms with Crippen molar-refractivity contribution in [2.75, 3.05) is 6.61 Å². The predicted octanol–water partition coefficient (Wildman–Crippen LogP) is 4.23. The minimum Gasteiger partial charge on any atom is -0.456 e. The normalized spacial score (nSPS) is 13.3. The first-order chi connectivity index (χ1) is 14.2. The molecule has 0 fully saturated rings. The van der Waals surface area contributed by atoms with E-state index in [4.69, 9.17) is 4.74 Å². The summed E-state index contributed by atoms with van der Waals surface area (Å²) in [5, 5.41) is 0.713. The van der Waals surface area contributed by atoms with Crippen molar-refractivity contribution in [1.29, 1.82) is 0 Å². The van der Waals surface area contributed by atoms with Gasteiger partial charge in [0, 0.05) is 16.9 Å². The molecule has 0 radical (unpaired) electrons. The third kappa shape index (κ3) is 4.58. The Hall–Kier alpha value is -3.03. The maximum Gasteiger partial charge on any atom is 0.470 e. The summed E-state index contributed by atoms with van der Waals surface area (Å²) in [6.07, 6.45) is 1.57. The van der Waals surface area contributed by atoms with Crippen LogP contribution in [-0.4, -0.2) is 35.0 Å². The van der Waals surface area contributed by atoms with Crippen LogP contribution in [0, 0.1) is 11.8 Å². The third-order valence-electron chi connectivity index (χ3n) is 4.11. The number of hydrogen-bond donors (Lipinski definition) is 0. The Morgan fingerprint density at radius 3 is 2.50 bits per heavy atom. The number of hydrogen-bond acceptors (Lipinski definition) is 6. The van der Waals surface area contributed by atoms with Crippen LogP contribution in [0.3, 0.4) is 0 Å². The first-order valence-corrected chi connectivity index (χ1v) is 9.53. The molecule has 0 bridgehead atoms. The number of unbranched alkanes of at least 4 members (excludes halogenated alkanes) is 1. The number of esters is 1. The average molecular weight is 437 g/mol. The Kier molecular flexibility index (Phi) is 6.34. The third-order valence-corrected chi connectivity index (χ3v) is 4.52. The lowest BCUT2D eigenvalue weighted by Gasteiger charge is -2.25. The number of benzene rings is 2. The molecule has 1 heterocycles. The molecule has 10 heteroatoms. The fourth-order valence-corrected chi connectivity index (χ4v) is 3.09. The summed E-state index contributed by atoms with van der Waals surface area (Å²) < 4.78 is 46.6. The number of ether oxygens (including phenoxy) is 1. The quantitative estimate of drug-likeness (QED) is 0.229. The Bertz CT molecular complexity index is 1070. The van der Waals surface area contributed by atoms with Crippen molar-refractivity contribution < 1.29 is 36.6 Å². The average Bonchev–Trinajstić information content (AvgIpc) is 2.70. The van der Waals surface area contributed by atoms with Crippen LogP contribution in [0.1, 0.15) is 46.0 Å². The van der Waals surface area contributed by atoms with Crippen molar-refractivity contribution in [2.45, 2.75) is 25.3 Å². The number of imide groups is 1. The predicted molar refractivity (Wildman–Crippen MR) is 102 cm³/mol. The van der Waals surface area contributed by atoms with Gasteiger partial charge in [-0.3, -0.25) is 9.59 Å². The zero-order valence-electron chi connectivity index (χ0n) is 15.5. The molecule has 0 N–H and O–H groups in total. The van der Waals surface area contributed by atoms with E-state index >= 15 is 0 Å². The highest BCUT2D eigenvalue weighted by molar-refractivity contribution is 7.95. The fourth-order valence-electron chi connectivity index (χ4n) is 2.79. The second-order valence-corrected chi connectivity index (χ2v) is 6.92. The van der Waals surface area contributed by atoms with Crippen LogP contribution in [0.5, 0.6) is 0 Å². The van der Waals surface area contributed by atoms with Crippen molar-refractivity contribution in [3.05, 3.63) is 47.0 Å². The molecule has 0 saturated carbocycles. The van der Waals surface area contributed by atoms with Gasteiger partial charge in [0.1, 0.15) is 12.0 Å². The van der Waals surface area contributed by atoms with Gasteiger partial charge < -0.3 is 4.74 Å². The number of amides is 2. The van der Waals surface area contributed by atoms with Crippen LogP contribution in [0.4, 0.5) is 13.2 Å². The highest BCUT2D eigenvalue weighted by Gasteiger charge is 2.39. The summed E-state index contributed by atoms with van der Waals surface area (Å²) in [6, 6.07) is 7.22. The fraction of sp³-hybridized carbons (Fsp3) is 0.250. The van der Waals surface area contributed by atoms with E-state index in [0.717, 1.165) is 6.42 Å². The summed E-state index contributed by atoms with van der Waals surface area (Å²) in [7, 11) is 0. The SMILES string of the molecule is CCCCOC(=O)C#Cc1ccc2c3c(cccc13)C(=O)N(OSC(F)(F)F)C2=O. The van der Waals surface area contributed by atoms with Crippen molar-refractivity contribution in [3.63, 3.8) is 0 Å². The van der Waals surface area contributed by atoms with E-state index in [1.54, 1.807) is 6.07 Å². The molecule has 156 valence electrons. The van der Waals surface area contributed by atoms with Crippen LogP contribution in [0.25, 0.3) is 10.8 Å². The number of rotatable bonds is 5. The molecule has 0 atom stereocenters. The van der Waals surface area contributed by atoms with Crippen molar-refractivity contribution in [1.82, 2.24) is 5.06 Å². The molecule has 3 rings (SSSR count). The first-order valence-electron chi connectivity index (χ1n) is 8.78. The van der Waals surface area contributed by atoms with E-state index in [1.807, 2.05) is 6.92 Å². The van der Waals surface area contributed by atoms with Gasteiger partial charge in [-0.1, -0.05) is 31.4 Å². The van der Waals surface area contributed by atoms with Gasteiger partial charge >= 0.3 is 11.5 Å². The summed E-state index contributed by atoms with van der Waals surface area (Å²) in [5.41, 5.74) is -4.46. The molecule has 0 aliphatic carbocycles. The van der Waals surface area contributed by atoms with Gasteiger partial charge in [0.15, 0.2) is 0 Å². The molecule has 0 unspecified atom stereocenters. The van der Waals surface area contributed by atoms with Crippen LogP contribution >= 0.6 is 12.0 Å². The van der Waals surface area contributed by atoms with Gasteiger partial charge in [0.05, 0.1) is 17.7 Å². The van der Waals surface area contributed by atoms with Crippen LogP contribution in [0.15, 0.2) is 30.3 Å². The van der Waals surface area contributed by atoms with Crippen molar-refractivity contribution in [3.8, 4) is 11.8 Å². The van der Waals surface area contributed by atoms with Gasteiger partial charge in [-0.15, -0.1) is 5.06 Å². The molecule has 2 aromatic rings. The Labute approximate surface area is 173 Å². The van der Waals surface area contributed by atoms with E-state index in [9.17, 15) is 27.6 Å². The van der Waals surface area contributed by atoms with Gasteiger partial charge in [-0.05, 0) is 30.0 Å². The lowest BCUT2D eigenvalue weighted by molar-refractivity contribution is -0.136. The molecule has 1 aliphatic rings. The number of hydroxylamine groups is 2. The van der Waals surface area contributed by atoms with Crippen LogP contribution in [0.2, 0.25) is 0 Å². The second-order valence-electron chi connectivity index (χ2n) is 6.14. The largest absolute Gasteiger partial charge is 0.470 e. The molecular weight excluding hydrogens is 423 g/mol. The maximum atomic E-state index is 12.5. The zero-order valence-corrected chi connectivity index (χ0v) is 16.4. The van der Waals surface area contributed by atoms with Gasteiger partial charge in [0.2, 0.25) is 0 Å². The molecular formula is C20H14F3NO5S. The van der Waals surface area contributed by atoms with Crippen molar-refractivity contribution in [2.24, 2.45) is 0 Å². The lowest BCUT2D eigenvalue weighted by Crippen LogP contribution is -2.39. The monoisotopic (exact) mass is 437 g/mol. The van der Waals surface area contributed by atoms with E-state index in [1.165, 1.54) is 24.3 Å². The molecule has 0 spiro atoms. The molecule has 1 aliphatic heterocycles. The van der Waals surface area contributed by atoms with Crippen LogP contribution < -0.4 is 0 Å². The van der Waals surface area contributed by atoms with E-state index in [-0.39, 0.29) is 28.2 Å². The minimum absolute atomic E-state index is 0.0148. The number of carbonyl (C=O) groups excluding carboxylic acids is 3. The molecule has 6 nitrogen and oxygen atoms in total. The van der Waals surface area contributed by atoms with E-state index < -0.39 is 35.3 Å². The highest BCUT2D eigenvalue weighted by atomic mass is 32.2. The summed E-state index contributed by atoms with van der Waals surface area (Å²) in [4.78, 5) is 36.8. The highest BCUT2D eigenvalue weighted by Crippen LogP contribution is 2.36. The molecule has 0 aromatic heterocycles. The van der Waals surface area contributed by atoms with Gasteiger partial charge in [-0.25, -0.2) is 4.79 Å². The smallest absolute Gasteiger partial charge is 0.456 e. The molecule has 30 heavy (non-hydrogen) atoms. The van der Waals surface area contributed by atoms with Gasteiger partial charge in [0.25, 0.3) is 11.8 Å².